The molecule has 3 nitrogen and oxygen atoms in total. The first kappa shape index (κ1) is 9.92. The SMILES string of the molecule is ClCc1nc(-c2ccccc2I)no1. The summed E-state index contributed by atoms with van der Waals surface area (Å²) in [7, 11) is 0. The number of nitrogens with zero attached hydrogens (tertiary/aromatic N) is 2. The molecular formula is C9H6ClIN2O. The summed E-state index contributed by atoms with van der Waals surface area (Å²) in [6.07, 6.45) is 0. The maximum absolute atomic E-state index is 5.57. The van der Waals surface area contributed by atoms with Crippen LogP contribution in [0.4, 0.5) is 0 Å². The van der Waals surface area contributed by atoms with Crippen LogP contribution in [0.5, 0.6) is 0 Å². The average molecular weight is 321 g/mol. The molecule has 2 rings (SSSR count). The topological polar surface area (TPSA) is 38.9 Å². The van der Waals surface area contributed by atoms with Crippen LogP contribution < -0.4 is 0 Å². The van der Waals surface area contributed by atoms with Gasteiger partial charge in [0.05, 0.1) is 0 Å². The lowest BCUT2D eigenvalue weighted by molar-refractivity contribution is 0.391. The predicted octanol–water partition coefficient (Wildman–Crippen LogP) is 3.08. The van der Waals surface area contributed by atoms with Gasteiger partial charge in [0.25, 0.3) is 0 Å². The Morgan fingerprint density at radius 2 is 2.14 bits per heavy atom. The average Bonchev–Trinajstić information content (AvgIpc) is 2.67. The Bertz CT molecular complexity index is 444. The minimum Gasteiger partial charge on any atom is -0.338 e. The van der Waals surface area contributed by atoms with E-state index in [0.29, 0.717) is 11.7 Å². The van der Waals surface area contributed by atoms with Crippen LogP contribution in [0.15, 0.2) is 28.8 Å². The zero-order valence-corrected chi connectivity index (χ0v) is 9.99. The predicted molar refractivity (Wildman–Crippen MR) is 62.0 cm³/mol. The van der Waals surface area contributed by atoms with Gasteiger partial charge in [-0.05, 0) is 34.7 Å². The number of alkyl halides is 1. The third-order valence-electron chi connectivity index (χ3n) is 1.70. The number of aromatic nitrogens is 2. The maximum Gasteiger partial charge on any atom is 0.241 e. The molecule has 1 aromatic heterocycles. The number of halogens is 2. The highest BCUT2D eigenvalue weighted by Gasteiger charge is 2.09. The van der Waals surface area contributed by atoms with Gasteiger partial charge in [-0.1, -0.05) is 17.3 Å². The van der Waals surface area contributed by atoms with E-state index in [1.165, 1.54) is 0 Å². The molecule has 0 aliphatic rings. The molecule has 0 saturated heterocycles. The molecule has 1 heterocycles. The molecule has 1 aromatic carbocycles. The summed E-state index contributed by atoms with van der Waals surface area (Å²) >= 11 is 7.80. The van der Waals surface area contributed by atoms with Crippen molar-refractivity contribution in [2.45, 2.75) is 5.88 Å². The van der Waals surface area contributed by atoms with Crippen LogP contribution in [0.1, 0.15) is 5.89 Å². The zero-order chi connectivity index (χ0) is 9.97. The van der Waals surface area contributed by atoms with E-state index in [-0.39, 0.29) is 5.88 Å². The van der Waals surface area contributed by atoms with Gasteiger partial charge in [0, 0.05) is 9.13 Å². The molecule has 0 spiro atoms. The summed E-state index contributed by atoms with van der Waals surface area (Å²) in [6, 6.07) is 7.85. The summed E-state index contributed by atoms with van der Waals surface area (Å²) in [5, 5.41) is 3.84. The van der Waals surface area contributed by atoms with Crippen molar-refractivity contribution in [2.75, 3.05) is 0 Å². The molecule has 0 aliphatic carbocycles. The normalized spacial score (nSPS) is 10.4. The molecular weight excluding hydrogens is 314 g/mol. The molecule has 0 radical (unpaired) electrons. The van der Waals surface area contributed by atoms with E-state index in [9.17, 15) is 0 Å². The Morgan fingerprint density at radius 1 is 1.36 bits per heavy atom. The third-order valence-corrected chi connectivity index (χ3v) is 2.87. The highest BCUT2D eigenvalue weighted by atomic mass is 127. The molecule has 14 heavy (non-hydrogen) atoms. The summed E-state index contributed by atoms with van der Waals surface area (Å²) in [4.78, 5) is 4.15. The van der Waals surface area contributed by atoms with Crippen molar-refractivity contribution in [1.29, 1.82) is 0 Å². The van der Waals surface area contributed by atoms with Crippen molar-refractivity contribution in [1.82, 2.24) is 10.1 Å². The quantitative estimate of drug-likeness (QED) is 0.630. The third kappa shape index (κ3) is 1.90. The van der Waals surface area contributed by atoms with Crippen LogP contribution >= 0.6 is 34.2 Å². The van der Waals surface area contributed by atoms with Gasteiger partial charge >= 0.3 is 0 Å². The highest BCUT2D eigenvalue weighted by Crippen LogP contribution is 2.22. The van der Waals surface area contributed by atoms with E-state index < -0.39 is 0 Å². The molecule has 0 N–H and O–H groups in total. The van der Waals surface area contributed by atoms with Crippen LogP contribution in [-0.2, 0) is 5.88 Å². The standard InChI is InChI=1S/C9H6ClIN2O/c10-5-8-12-9(13-14-8)6-3-1-2-4-7(6)11/h1-4H,5H2. The second kappa shape index (κ2) is 4.27. The first-order chi connectivity index (χ1) is 6.81. The first-order valence-electron chi connectivity index (χ1n) is 3.94. The van der Waals surface area contributed by atoms with E-state index in [4.69, 9.17) is 16.1 Å². The number of hydrogen-bond acceptors (Lipinski definition) is 3. The summed E-state index contributed by atoms with van der Waals surface area (Å²) in [5.41, 5.74) is 0.966. The Kier molecular flexibility index (Phi) is 3.02. The van der Waals surface area contributed by atoms with Crippen molar-refractivity contribution >= 4 is 34.2 Å². The Hall–Kier alpha value is -0.620. The van der Waals surface area contributed by atoms with E-state index in [2.05, 4.69) is 32.7 Å². The van der Waals surface area contributed by atoms with Gasteiger partial charge in [0.1, 0.15) is 5.88 Å². The van der Waals surface area contributed by atoms with Crippen LogP contribution in [-0.4, -0.2) is 10.1 Å². The Labute approximate surface area is 99.6 Å². The van der Waals surface area contributed by atoms with Crippen molar-refractivity contribution in [3.63, 3.8) is 0 Å². The molecule has 0 atom stereocenters. The van der Waals surface area contributed by atoms with Gasteiger partial charge in [0.15, 0.2) is 0 Å². The van der Waals surface area contributed by atoms with Crippen molar-refractivity contribution in [2.24, 2.45) is 0 Å². The van der Waals surface area contributed by atoms with Crippen LogP contribution in [0.3, 0.4) is 0 Å². The fourth-order valence-corrected chi connectivity index (χ4v) is 1.80. The molecule has 0 unspecified atom stereocenters. The van der Waals surface area contributed by atoms with Gasteiger partial charge < -0.3 is 4.52 Å². The van der Waals surface area contributed by atoms with Gasteiger partial charge in [-0.3, -0.25) is 0 Å². The fraction of sp³-hybridized carbons (Fsp3) is 0.111. The molecule has 2 aromatic rings. The van der Waals surface area contributed by atoms with E-state index >= 15 is 0 Å². The Morgan fingerprint density at radius 3 is 2.79 bits per heavy atom. The molecule has 5 heteroatoms. The Balaban J connectivity index is 2.44. The van der Waals surface area contributed by atoms with E-state index in [1.54, 1.807) is 0 Å². The summed E-state index contributed by atoms with van der Waals surface area (Å²) in [5.74, 6) is 1.28. The lowest BCUT2D eigenvalue weighted by Gasteiger charge is -1.96. The van der Waals surface area contributed by atoms with Gasteiger partial charge in [0.2, 0.25) is 11.7 Å². The molecule has 0 bridgehead atoms. The number of rotatable bonds is 2. The number of hydrogen-bond donors (Lipinski definition) is 0. The molecule has 0 saturated carbocycles. The van der Waals surface area contributed by atoms with Gasteiger partial charge in [-0.15, -0.1) is 11.6 Å². The smallest absolute Gasteiger partial charge is 0.241 e. The zero-order valence-electron chi connectivity index (χ0n) is 7.08. The first-order valence-corrected chi connectivity index (χ1v) is 5.56. The molecule has 0 aliphatic heterocycles. The fourth-order valence-electron chi connectivity index (χ4n) is 1.06. The second-order valence-electron chi connectivity index (χ2n) is 2.63. The lowest BCUT2D eigenvalue weighted by Crippen LogP contribution is -1.84. The van der Waals surface area contributed by atoms with Crippen LogP contribution in [0.2, 0.25) is 0 Å². The summed E-state index contributed by atoms with van der Waals surface area (Å²) in [6.45, 7) is 0. The van der Waals surface area contributed by atoms with E-state index in [1.807, 2.05) is 24.3 Å². The molecule has 0 fully saturated rings. The minimum absolute atomic E-state index is 0.246. The number of benzene rings is 1. The maximum atomic E-state index is 5.57. The van der Waals surface area contributed by atoms with Crippen molar-refractivity contribution < 1.29 is 4.52 Å². The van der Waals surface area contributed by atoms with Crippen LogP contribution in [0.25, 0.3) is 11.4 Å². The van der Waals surface area contributed by atoms with E-state index in [0.717, 1.165) is 9.13 Å². The monoisotopic (exact) mass is 320 g/mol. The largest absolute Gasteiger partial charge is 0.338 e. The van der Waals surface area contributed by atoms with Crippen molar-refractivity contribution in [3.05, 3.63) is 33.7 Å². The van der Waals surface area contributed by atoms with Gasteiger partial charge in [-0.25, -0.2) is 0 Å². The van der Waals surface area contributed by atoms with Gasteiger partial charge in [-0.2, -0.15) is 4.98 Å². The lowest BCUT2D eigenvalue weighted by atomic mass is 10.2. The minimum atomic E-state index is 0.246. The second-order valence-corrected chi connectivity index (χ2v) is 4.05. The highest BCUT2D eigenvalue weighted by molar-refractivity contribution is 14.1. The van der Waals surface area contributed by atoms with Crippen LogP contribution in [0, 0.1) is 3.57 Å². The summed E-state index contributed by atoms with van der Waals surface area (Å²) < 4.78 is 6.02. The van der Waals surface area contributed by atoms with Crippen molar-refractivity contribution in [3.8, 4) is 11.4 Å². The molecule has 72 valence electrons. The molecule has 0 amide bonds.